The second-order valence-electron chi connectivity index (χ2n) is 5.54. The van der Waals surface area contributed by atoms with Crippen molar-refractivity contribution in [1.82, 2.24) is 0 Å². The van der Waals surface area contributed by atoms with E-state index in [4.69, 9.17) is 5.11 Å². The highest BCUT2D eigenvalue weighted by molar-refractivity contribution is 5.66. The molecule has 0 fully saturated rings. The number of allylic oxidation sites excluding steroid dienone is 6. The van der Waals surface area contributed by atoms with Gasteiger partial charge in [0.05, 0.1) is 6.10 Å². The Morgan fingerprint density at radius 1 is 0.870 bits per heavy atom. The van der Waals surface area contributed by atoms with E-state index in [2.05, 4.69) is 31.2 Å². The van der Waals surface area contributed by atoms with Crippen LogP contribution in [0.25, 0.3) is 0 Å². The number of unbranched alkanes of at least 4 members (excludes halogenated alkanes) is 4. The minimum absolute atomic E-state index is 0.236. The molecule has 0 amide bonds. The highest BCUT2D eigenvalue weighted by Gasteiger charge is 1.92. The molecule has 0 aliphatic rings. The molecule has 2 N–H and O–H groups in total. The predicted octanol–water partition coefficient (Wildman–Crippen LogP) is 5.19. The predicted molar refractivity (Wildman–Crippen MR) is 97.4 cm³/mol. The Labute approximate surface area is 141 Å². The van der Waals surface area contributed by atoms with Crippen LogP contribution in [0.4, 0.5) is 0 Å². The molecule has 0 bridgehead atoms. The molecule has 0 saturated heterocycles. The van der Waals surface area contributed by atoms with E-state index in [0.29, 0.717) is 6.42 Å². The fourth-order valence-electron chi connectivity index (χ4n) is 1.96. The van der Waals surface area contributed by atoms with Gasteiger partial charge in [0.15, 0.2) is 0 Å². The average molecular weight is 320 g/mol. The summed E-state index contributed by atoms with van der Waals surface area (Å²) < 4.78 is 0. The molecule has 0 spiro atoms. The first-order valence-electron chi connectivity index (χ1n) is 8.70. The van der Waals surface area contributed by atoms with Gasteiger partial charge in [0.1, 0.15) is 0 Å². The molecule has 3 nitrogen and oxygen atoms in total. The highest BCUT2D eigenvalue weighted by atomic mass is 16.4. The van der Waals surface area contributed by atoms with E-state index in [1.54, 1.807) is 0 Å². The molecule has 0 heterocycles. The molecule has 130 valence electrons. The van der Waals surface area contributed by atoms with Crippen molar-refractivity contribution in [1.29, 1.82) is 0 Å². The van der Waals surface area contributed by atoms with Gasteiger partial charge in [-0.05, 0) is 38.5 Å². The van der Waals surface area contributed by atoms with Crippen LogP contribution in [0.3, 0.4) is 0 Å². The summed E-state index contributed by atoms with van der Waals surface area (Å²) in [6.45, 7) is 2.18. The third kappa shape index (κ3) is 18.3. The zero-order chi connectivity index (χ0) is 17.2. The Balaban J connectivity index is 3.60. The molecule has 0 aromatic heterocycles. The number of aliphatic hydroxyl groups is 1. The van der Waals surface area contributed by atoms with Gasteiger partial charge in [-0.2, -0.15) is 0 Å². The van der Waals surface area contributed by atoms with Crippen LogP contribution in [0.5, 0.6) is 0 Å². The zero-order valence-electron chi connectivity index (χ0n) is 14.4. The first-order valence-corrected chi connectivity index (χ1v) is 8.70. The summed E-state index contributed by atoms with van der Waals surface area (Å²) in [5.41, 5.74) is 0. The van der Waals surface area contributed by atoms with Crippen molar-refractivity contribution in [2.45, 2.75) is 70.8 Å². The normalized spacial score (nSPS) is 13.8. The molecular formula is C20H32O3. The van der Waals surface area contributed by atoms with Crippen molar-refractivity contribution in [2.75, 3.05) is 0 Å². The summed E-state index contributed by atoms with van der Waals surface area (Å²) in [5.74, 6) is -0.733. The molecule has 0 aliphatic carbocycles. The Morgan fingerprint density at radius 3 is 2.17 bits per heavy atom. The lowest BCUT2D eigenvalue weighted by Crippen LogP contribution is -1.95. The standard InChI is InChI=1S/C20H32O3/c1-2-3-4-10-13-16-19(21)17-14-11-8-6-5-7-9-12-15-18-20(22)23/h6-9,13-14,16-17,19,21H,2-5,10-12,15,18H2,1H3,(H,22,23)/t19-/m1/s1. The molecular weight excluding hydrogens is 288 g/mol. The van der Waals surface area contributed by atoms with Gasteiger partial charge in [0.25, 0.3) is 0 Å². The van der Waals surface area contributed by atoms with E-state index >= 15 is 0 Å². The summed E-state index contributed by atoms with van der Waals surface area (Å²) in [6.07, 6.45) is 23.5. The van der Waals surface area contributed by atoms with Gasteiger partial charge in [0, 0.05) is 6.42 Å². The van der Waals surface area contributed by atoms with Crippen molar-refractivity contribution in [3.63, 3.8) is 0 Å². The molecule has 0 saturated carbocycles. The summed E-state index contributed by atoms with van der Waals surface area (Å²) >= 11 is 0. The molecule has 1 atom stereocenters. The van der Waals surface area contributed by atoms with Crippen LogP contribution in [-0.4, -0.2) is 22.3 Å². The van der Waals surface area contributed by atoms with Gasteiger partial charge < -0.3 is 10.2 Å². The van der Waals surface area contributed by atoms with Gasteiger partial charge >= 0.3 is 5.97 Å². The number of carboxylic acid groups (broad SMARTS) is 1. The van der Waals surface area contributed by atoms with Crippen molar-refractivity contribution in [3.05, 3.63) is 48.6 Å². The topological polar surface area (TPSA) is 57.5 Å². The number of aliphatic hydroxyl groups excluding tert-OH is 1. The van der Waals surface area contributed by atoms with Crippen LogP contribution in [0.1, 0.15) is 64.7 Å². The minimum atomic E-state index is -0.733. The second kappa shape index (κ2) is 16.8. The number of carboxylic acids is 1. The zero-order valence-corrected chi connectivity index (χ0v) is 14.4. The lowest BCUT2D eigenvalue weighted by molar-refractivity contribution is -0.137. The summed E-state index contributed by atoms with van der Waals surface area (Å²) in [7, 11) is 0. The average Bonchev–Trinajstić information content (AvgIpc) is 2.52. The number of aliphatic carboxylic acids is 1. The van der Waals surface area contributed by atoms with E-state index in [0.717, 1.165) is 25.7 Å². The monoisotopic (exact) mass is 320 g/mol. The smallest absolute Gasteiger partial charge is 0.303 e. The fraction of sp³-hybridized carbons (Fsp3) is 0.550. The van der Waals surface area contributed by atoms with Crippen molar-refractivity contribution >= 4 is 5.97 Å². The molecule has 0 unspecified atom stereocenters. The van der Waals surface area contributed by atoms with Gasteiger partial charge in [-0.3, -0.25) is 4.79 Å². The van der Waals surface area contributed by atoms with E-state index in [1.165, 1.54) is 19.3 Å². The van der Waals surface area contributed by atoms with Crippen LogP contribution in [0.15, 0.2) is 48.6 Å². The first-order chi connectivity index (χ1) is 11.2. The Bertz CT molecular complexity index is 392. The Kier molecular flexibility index (Phi) is 15.6. The number of hydrogen-bond donors (Lipinski definition) is 2. The van der Waals surface area contributed by atoms with Crippen molar-refractivity contribution < 1.29 is 15.0 Å². The first kappa shape index (κ1) is 21.4. The van der Waals surface area contributed by atoms with Crippen LogP contribution >= 0.6 is 0 Å². The molecule has 0 radical (unpaired) electrons. The van der Waals surface area contributed by atoms with Gasteiger partial charge in [0.2, 0.25) is 0 Å². The maximum atomic E-state index is 10.3. The minimum Gasteiger partial charge on any atom is -0.481 e. The molecule has 3 heteroatoms. The van der Waals surface area contributed by atoms with Crippen LogP contribution in [0.2, 0.25) is 0 Å². The largest absolute Gasteiger partial charge is 0.481 e. The SMILES string of the molecule is CCCCCC=C[C@@H](O)C=CCC=CCC=CCCCC(=O)O. The number of hydrogen-bond acceptors (Lipinski definition) is 2. The Morgan fingerprint density at radius 2 is 1.48 bits per heavy atom. The van der Waals surface area contributed by atoms with Gasteiger partial charge in [-0.1, -0.05) is 68.4 Å². The van der Waals surface area contributed by atoms with Gasteiger partial charge in [-0.25, -0.2) is 0 Å². The molecule has 0 aliphatic heterocycles. The lowest BCUT2D eigenvalue weighted by atomic mass is 10.2. The summed E-state index contributed by atoms with van der Waals surface area (Å²) in [4.78, 5) is 10.3. The van der Waals surface area contributed by atoms with Crippen LogP contribution in [0, 0.1) is 0 Å². The number of rotatable bonds is 14. The molecule has 0 aromatic rings. The second-order valence-corrected chi connectivity index (χ2v) is 5.54. The Hall–Kier alpha value is -1.61. The highest BCUT2D eigenvalue weighted by Crippen LogP contribution is 2.02. The molecule has 23 heavy (non-hydrogen) atoms. The maximum absolute atomic E-state index is 10.3. The quantitative estimate of drug-likeness (QED) is 0.342. The van der Waals surface area contributed by atoms with E-state index in [-0.39, 0.29) is 6.42 Å². The fourth-order valence-corrected chi connectivity index (χ4v) is 1.96. The number of carbonyl (C=O) groups is 1. The van der Waals surface area contributed by atoms with E-state index < -0.39 is 12.1 Å². The third-order valence-corrected chi connectivity index (χ3v) is 3.28. The van der Waals surface area contributed by atoms with Crippen molar-refractivity contribution in [3.8, 4) is 0 Å². The molecule has 0 rings (SSSR count). The summed E-state index contributed by atoms with van der Waals surface area (Å²) in [6, 6.07) is 0. The summed E-state index contributed by atoms with van der Waals surface area (Å²) in [5, 5.41) is 18.2. The molecule has 0 aromatic carbocycles. The third-order valence-electron chi connectivity index (χ3n) is 3.28. The van der Waals surface area contributed by atoms with E-state index in [1.807, 2.05) is 24.3 Å². The van der Waals surface area contributed by atoms with Crippen LogP contribution < -0.4 is 0 Å². The van der Waals surface area contributed by atoms with E-state index in [9.17, 15) is 9.90 Å². The maximum Gasteiger partial charge on any atom is 0.303 e. The lowest BCUT2D eigenvalue weighted by Gasteiger charge is -1.97. The van der Waals surface area contributed by atoms with Crippen molar-refractivity contribution in [2.24, 2.45) is 0 Å². The van der Waals surface area contributed by atoms with Gasteiger partial charge in [-0.15, -0.1) is 0 Å². The van der Waals surface area contributed by atoms with Crippen LogP contribution in [-0.2, 0) is 4.79 Å².